The van der Waals surface area contributed by atoms with Crippen LogP contribution in [0.25, 0.3) is 0 Å². The maximum Gasteiger partial charge on any atom is 0.639 e. The molecule has 0 spiro atoms. The lowest BCUT2D eigenvalue weighted by Gasteiger charge is -2.15. The first-order valence-electron chi connectivity index (χ1n) is 16.9. The van der Waals surface area contributed by atoms with Crippen LogP contribution in [0, 0.1) is 0 Å². The van der Waals surface area contributed by atoms with E-state index in [1.165, 1.54) is 0 Å². The molecule has 0 N–H and O–H groups in total. The monoisotopic (exact) mass is 704 g/mol. The van der Waals surface area contributed by atoms with Gasteiger partial charge in [0.15, 0.2) is 0 Å². The number of unbranched alkanes of at least 4 members (excludes halogenated alkanes) is 1. The van der Waals surface area contributed by atoms with Crippen LogP contribution in [0.15, 0.2) is 0 Å². The third-order valence-corrected chi connectivity index (χ3v) is 5.80. The topological polar surface area (TPSA) is 148 Å². The zero-order valence-corrected chi connectivity index (χ0v) is 29.9. The molecule has 0 atom stereocenters. The van der Waals surface area contributed by atoms with Gasteiger partial charge in [-0.25, -0.2) is 0 Å². The minimum absolute atomic E-state index is 0.289. The van der Waals surface area contributed by atoms with Gasteiger partial charge in [0.2, 0.25) is 0 Å². The van der Waals surface area contributed by atoms with Crippen molar-refractivity contribution in [1.29, 1.82) is 0 Å². The predicted molar refractivity (Wildman–Crippen MR) is 177 cm³/mol. The molecule has 0 aliphatic heterocycles. The van der Waals surface area contributed by atoms with Crippen molar-refractivity contribution in [3.8, 4) is 0 Å². The fourth-order valence-electron chi connectivity index (χ4n) is 3.32. The zero-order valence-electron chi connectivity index (χ0n) is 29.9. The Kier molecular flexibility index (Phi) is 43.9. The summed E-state index contributed by atoms with van der Waals surface area (Å²) in [5.74, 6) is 0. The van der Waals surface area contributed by atoms with Gasteiger partial charge >= 0.3 is 7.32 Å². The number of methoxy groups -OCH3 is 3. The summed E-state index contributed by atoms with van der Waals surface area (Å²) in [4.78, 5) is 0. The summed E-state index contributed by atoms with van der Waals surface area (Å²) in [5.41, 5.74) is 0. The highest BCUT2D eigenvalue weighted by Crippen LogP contribution is 1.96. The SMILES string of the molecule is COCCOCCOCCOCCCCOCCOCCOB(OCCOCCOCCOC)OCCOCCOCCOCCOC. The summed E-state index contributed by atoms with van der Waals surface area (Å²) in [6.45, 7) is 12.8. The van der Waals surface area contributed by atoms with E-state index in [0.717, 1.165) is 12.8 Å². The molecule has 0 unspecified atom stereocenters. The van der Waals surface area contributed by atoms with Crippen LogP contribution in [-0.4, -0.2) is 200 Å². The molecule has 48 heavy (non-hydrogen) atoms. The highest BCUT2D eigenvalue weighted by atomic mass is 16.7. The van der Waals surface area contributed by atoms with Crippen LogP contribution in [0.4, 0.5) is 0 Å². The number of hydrogen-bond donors (Lipinski definition) is 0. The molecular weight excluding hydrogens is 639 g/mol. The van der Waals surface area contributed by atoms with E-state index >= 15 is 0 Å². The van der Waals surface area contributed by atoms with Crippen LogP contribution in [0.5, 0.6) is 0 Å². The first kappa shape index (κ1) is 47.4. The van der Waals surface area contributed by atoms with Crippen LogP contribution < -0.4 is 0 Å². The Bertz CT molecular complexity index is 573. The normalized spacial score (nSPS) is 11.6. The molecule has 17 heteroatoms. The van der Waals surface area contributed by atoms with Gasteiger partial charge in [0.1, 0.15) is 0 Å². The molecule has 0 rings (SSSR count). The van der Waals surface area contributed by atoms with Crippen molar-refractivity contribution in [2.24, 2.45) is 0 Å². The minimum atomic E-state index is -0.871. The van der Waals surface area contributed by atoms with Crippen molar-refractivity contribution in [2.75, 3.05) is 193 Å². The molecule has 0 saturated heterocycles. The van der Waals surface area contributed by atoms with E-state index in [9.17, 15) is 0 Å². The van der Waals surface area contributed by atoms with Crippen molar-refractivity contribution >= 4 is 7.32 Å². The summed E-state index contributed by atoms with van der Waals surface area (Å²) in [5, 5.41) is 0. The highest BCUT2D eigenvalue weighted by molar-refractivity contribution is 6.36. The number of rotatable bonds is 44. The van der Waals surface area contributed by atoms with E-state index in [4.69, 9.17) is 75.5 Å². The van der Waals surface area contributed by atoms with Crippen LogP contribution in [0.1, 0.15) is 12.8 Å². The van der Waals surface area contributed by atoms with Crippen molar-refractivity contribution in [3.63, 3.8) is 0 Å². The highest BCUT2D eigenvalue weighted by Gasteiger charge is 2.21. The molecule has 0 aliphatic carbocycles. The Morgan fingerprint density at radius 3 is 0.646 bits per heavy atom. The summed E-state index contributed by atoms with van der Waals surface area (Å²) in [6, 6.07) is 0. The molecule has 0 saturated carbocycles. The Labute approximate surface area is 288 Å². The molecule has 16 nitrogen and oxygen atoms in total. The van der Waals surface area contributed by atoms with Gasteiger partial charge in [-0.05, 0) is 12.8 Å². The fourth-order valence-corrected chi connectivity index (χ4v) is 3.32. The number of ether oxygens (including phenoxy) is 13. The first-order chi connectivity index (χ1) is 23.8. The van der Waals surface area contributed by atoms with Crippen molar-refractivity contribution < 1.29 is 75.5 Å². The zero-order chi connectivity index (χ0) is 34.7. The molecule has 0 radical (unpaired) electrons. The fraction of sp³-hybridized carbons (Fsp3) is 1.00. The van der Waals surface area contributed by atoms with Gasteiger partial charge in [-0.15, -0.1) is 0 Å². The van der Waals surface area contributed by atoms with Gasteiger partial charge in [-0.2, -0.15) is 0 Å². The second-order valence-corrected chi connectivity index (χ2v) is 9.71. The van der Waals surface area contributed by atoms with Crippen molar-refractivity contribution in [3.05, 3.63) is 0 Å². The quantitative estimate of drug-likeness (QED) is 0.0653. The second kappa shape index (κ2) is 44.4. The standard InChI is InChI=1S/C31H65BO16/c1-33-8-11-38-18-21-41-16-14-36-6-4-5-7-37-15-17-43-26-29-46-32(47-30-27-44-24-20-40-13-10-35-3)48-31-28-45-25-23-42-22-19-39-12-9-34-2/h4-31H2,1-3H3. The summed E-state index contributed by atoms with van der Waals surface area (Å²) >= 11 is 0. The van der Waals surface area contributed by atoms with Crippen molar-refractivity contribution in [1.82, 2.24) is 0 Å². The third kappa shape index (κ3) is 41.6. The average molecular weight is 705 g/mol. The van der Waals surface area contributed by atoms with Crippen molar-refractivity contribution in [2.45, 2.75) is 12.8 Å². The van der Waals surface area contributed by atoms with Gasteiger partial charge in [-0.1, -0.05) is 0 Å². The van der Waals surface area contributed by atoms with Crippen LogP contribution in [-0.2, 0) is 75.5 Å². The molecule has 0 fully saturated rings. The Hall–Kier alpha value is -0.575. The molecule has 0 aromatic rings. The number of hydrogen-bond acceptors (Lipinski definition) is 16. The summed E-state index contributed by atoms with van der Waals surface area (Å²) < 4.78 is 86.6. The van der Waals surface area contributed by atoms with E-state index in [1.54, 1.807) is 21.3 Å². The molecule has 0 aliphatic rings. The maximum atomic E-state index is 5.71. The lowest BCUT2D eigenvalue weighted by molar-refractivity contribution is -0.0121. The van der Waals surface area contributed by atoms with E-state index < -0.39 is 7.32 Å². The smallest absolute Gasteiger partial charge is 0.383 e. The van der Waals surface area contributed by atoms with Gasteiger partial charge in [0, 0.05) is 34.5 Å². The lowest BCUT2D eigenvalue weighted by atomic mass is 10.2. The van der Waals surface area contributed by atoms with E-state index in [1.807, 2.05) is 0 Å². The summed E-state index contributed by atoms with van der Waals surface area (Å²) in [6.07, 6.45) is 1.84. The largest absolute Gasteiger partial charge is 0.639 e. The van der Waals surface area contributed by atoms with Gasteiger partial charge in [0.05, 0.1) is 159 Å². The van der Waals surface area contributed by atoms with Gasteiger partial charge in [0.25, 0.3) is 0 Å². The van der Waals surface area contributed by atoms with Crippen LogP contribution in [0.3, 0.4) is 0 Å². The molecule has 0 heterocycles. The van der Waals surface area contributed by atoms with Gasteiger partial charge < -0.3 is 75.5 Å². The Morgan fingerprint density at radius 2 is 0.417 bits per heavy atom. The van der Waals surface area contributed by atoms with E-state index in [-0.39, 0.29) is 6.61 Å². The molecule has 0 amide bonds. The van der Waals surface area contributed by atoms with Gasteiger partial charge in [-0.3, -0.25) is 0 Å². The Balaban J connectivity index is 3.78. The molecule has 0 aromatic carbocycles. The molecular formula is C31H65BO16. The second-order valence-electron chi connectivity index (χ2n) is 9.71. The molecule has 0 aromatic heterocycles. The van der Waals surface area contributed by atoms with E-state index in [2.05, 4.69) is 0 Å². The molecule has 0 bridgehead atoms. The van der Waals surface area contributed by atoms with Crippen LogP contribution in [0.2, 0.25) is 0 Å². The lowest BCUT2D eigenvalue weighted by Crippen LogP contribution is -2.32. The third-order valence-electron chi connectivity index (χ3n) is 5.80. The predicted octanol–water partition coefficient (Wildman–Crippen LogP) is 0.907. The van der Waals surface area contributed by atoms with E-state index in [0.29, 0.717) is 165 Å². The maximum absolute atomic E-state index is 5.71. The van der Waals surface area contributed by atoms with Crippen LogP contribution >= 0.6 is 0 Å². The first-order valence-corrected chi connectivity index (χ1v) is 16.9. The minimum Gasteiger partial charge on any atom is -0.383 e. The Morgan fingerprint density at radius 1 is 0.229 bits per heavy atom. The average Bonchev–Trinajstić information content (AvgIpc) is 3.10. The summed E-state index contributed by atoms with van der Waals surface area (Å²) in [7, 11) is 4.05. The molecule has 288 valence electrons.